The fourth-order valence-electron chi connectivity index (χ4n) is 3.31. The Morgan fingerprint density at radius 1 is 0.871 bits per heavy atom. The van der Waals surface area contributed by atoms with Gasteiger partial charge in [0.05, 0.1) is 6.10 Å². The van der Waals surface area contributed by atoms with E-state index in [9.17, 15) is 15.0 Å². The molecule has 0 spiro atoms. The van der Waals surface area contributed by atoms with Crippen molar-refractivity contribution in [3.05, 3.63) is 94.0 Å². The second-order valence-electron chi connectivity index (χ2n) is 7.57. The summed E-state index contributed by atoms with van der Waals surface area (Å²) in [5.74, 6) is -1.19. The maximum absolute atomic E-state index is 12.1. The van der Waals surface area contributed by atoms with E-state index in [-0.39, 0.29) is 12.5 Å². The molecule has 4 nitrogen and oxygen atoms in total. The fraction of sp³-hybridized carbons (Fsp3) is 0.240. The van der Waals surface area contributed by atoms with Gasteiger partial charge in [-0.15, -0.1) is 0 Å². The number of esters is 1. The van der Waals surface area contributed by atoms with Crippen LogP contribution in [0.15, 0.2) is 72.8 Å². The number of ether oxygens (including phenoxy) is 1. The van der Waals surface area contributed by atoms with Gasteiger partial charge in [-0.25, -0.2) is 4.79 Å². The Labute approximate surface area is 192 Å². The van der Waals surface area contributed by atoms with Crippen molar-refractivity contribution in [1.82, 2.24) is 0 Å². The highest BCUT2D eigenvalue weighted by atomic mass is 35.5. The molecule has 3 aromatic carbocycles. The normalized spacial score (nSPS) is 14.0. The Balaban J connectivity index is 1.57. The first-order valence-corrected chi connectivity index (χ1v) is 10.7. The number of aliphatic hydroxyl groups excluding tert-OH is 2. The number of benzene rings is 3. The number of hydrogen-bond acceptors (Lipinski definition) is 4. The number of carbonyl (C=O) groups excluding carboxylic acids is 1. The number of aliphatic hydroxyl groups is 2. The molecule has 0 aliphatic carbocycles. The van der Waals surface area contributed by atoms with Crippen LogP contribution in [0, 0.1) is 5.92 Å². The van der Waals surface area contributed by atoms with Crippen LogP contribution in [-0.2, 0) is 22.6 Å². The van der Waals surface area contributed by atoms with Gasteiger partial charge in [-0.3, -0.25) is 0 Å². The molecule has 0 radical (unpaired) electrons. The molecule has 0 amide bonds. The number of halogens is 2. The molecule has 0 fully saturated rings. The van der Waals surface area contributed by atoms with E-state index in [0.29, 0.717) is 16.5 Å². The summed E-state index contributed by atoms with van der Waals surface area (Å²) in [5, 5.41) is 21.8. The summed E-state index contributed by atoms with van der Waals surface area (Å²) >= 11 is 12.1. The van der Waals surface area contributed by atoms with E-state index in [1.807, 2.05) is 66.7 Å². The zero-order valence-corrected chi connectivity index (χ0v) is 18.6. The molecule has 0 saturated heterocycles. The van der Waals surface area contributed by atoms with Gasteiger partial charge in [0.25, 0.3) is 0 Å². The molecular weight excluding hydrogens is 435 g/mol. The first-order valence-electron chi connectivity index (χ1n) is 9.95. The molecule has 3 aromatic rings. The Morgan fingerprint density at radius 2 is 1.48 bits per heavy atom. The highest BCUT2D eigenvalue weighted by Gasteiger charge is 2.30. The molecule has 2 N–H and O–H groups in total. The molecule has 0 saturated carbocycles. The molecular formula is C25H24Cl2O4. The molecule has 0 heterocycles. The average Bonchev–Trinajstić information content (AvgIpc) is 2.77. The third kappa shape index (κ3) is 6.55. The summed E-state index contributed by atoms with van der Waals surface area (Å²) in [6.45, 7) is 1.83. The lowest BCUT2D eigenvalue weighted by Gasteiger charge is -2.23. The van der Waals surface area contributed by atoms with Crippen molar-refractivity contribution in [2.24, 2.45) is 5.92 Å². The lowest BCUT2D eigenvalue weighted by atomic mass is 9.92. The van der Waals surface area contributed by atoms with Crippen LogP contribution >= 0.6 is 23.2 Å². The third-order valence-corrected chi connectivity index (χ3v) is 5.52. The maximum Gasteiger partial charge on any atom is 0.338 e. The van der Waals surface area contributed by atoms with Crippen molar-refractivity contribution >= 4 is 29.2 Å². The lowest BCUT2D eigenvalue weighted by Crippen LogP contribution is -2.40. The second-order valence-corrected chi connectivity index (χ2v) is 8.44. The topological polar surface area (TPSA) is 66.8 Å². The van der Waals surface area contributed by atoms with Crippen LogP contribution in [0.3, 0.4) is 0 Å². The van der Waals surface area contributed by atoms with E-state index < -0.39 is 18.2 Å². The summed E-state index contributed by atoms with van der Waals surface area (Å²) in [7, 11) is 0. The van der Waals surface area contributed by atoms with Gasteiger partial charge in [0.2, 0.25) is 0 Å². The van der Waals surface area contributed by atoms with E-state index in [2.05, 4.69) is 0 Å². The van der Waals surface area contributed by atoms with Gasteiger partial charge in [-0.05, 0) is 52.8 Å². The first kappa shape index (κ1) is 23.3. The Morgan fingerprint density at radius 3 is 2.10 bits per heavy atom. The summed E-state index contributed by atoms with van der Waals surface area (Å²) in [6.07, 6.45) is -2.36. The molecule has 162 valence electrons. The molecule has 0 aliphatic heterocycles. The van der Waals surface area contributed by atoms with Crippen LogP contribution in [0.25, 0.3) is 11.1 Å². The maximum atomic E-state index is 12.1. The van der Waals surface area contributed by atoms with Crippen molar-refractivity contribution in [2.75, 3.05) is 0 Å². The van der Waals surface area contributed by atoms with E-state index in [0.717, 1.165) is 22.3 Å². The van der Waals surface area contributed by atoms with Gasteiger partial charge in [0.1, 0.15) is 6.61 Å². The van der Waals surface area contributed by atoms with Gasteiger partial charge < -0.3 is 14.9 Å². The van der Waals surface area contributed by atoms with Crippen molar-refractivity contribution in [2.45, 2.75) is 32.2 Å². The third-order valence-electron chi connectivity index (χ3n) is 5.08. The zero-order valence-electron chi connectivity index (χ0n) is 17.0. The molecule has 0 unspecified atom stereocenters. The fourth-order valence-corrected chi connectivity index (χ4v) is 3.84. The van der Waals surface area contributed by atoms with E-state index in [1.165, 1.54) is 0 Å². The summed E-state index contributed by atoms with van der Waals surface area (Å²) in [4.78, 5) is 12.1. The standard InChI is InChI=1S/C25H24Cl2O4/c1-16(23(28)24(29)25(30)31-15-18-5-3-2-4-6-18)11-17-7-9-19(10-8-17)20-12-21(26)14-22(27)13-20/h2-10,12-14,16,23-24,28-29H,11,15H2,1H3/t16-,23-,24-/m1/s1. The molecule has 0 aromatic heterocycles. The minimum atomic E-state index is -1.61. The van der Waals surface area contributed by atoms with Crippen molar-refractivity contribution in [3.63, 3.8) is 0 Å². The van der Waals surface area contributed by atoms with Gasteiger partial charge in [0.15, 0.2) is 6.10 Å². The van der Waals surface area contributed by atoms with E-state index in [1.54, 1.807) is 13.0 Å². The first-order chi connectivity index (χ1) is 14.8. The molecule has 3 rings (SSSR count). The summed E-state index contributed by atoms with van der Waals surface area (Å²) < 4.78 is 5.12. The van der Waals surface area contributed by atoms with Gasteiger partial charge in [0, 0.05) is 10.0 Å². The van der Waals surface area contributed by atoms with Crippen LogP contribution in [-0.4, -0.2) is 28.4 Å². The van der Waals surface area contributed by atoms with Gasteiger partial charge in [-0.1, -0.05) is 84.7 Å². The van der Waals surface area contributed by atoms with Crippen LogP contribution in [0.5, 0.6) is 0 Å². The number of hydrogen-bond donors (Lipinski definition) is 2. The highest BCUT2D eigenvalue weighted by Crippen LogP contribution is 2.28. The smallest absolute Gasteiger partial charge is 0.338 e. The minimum absolute atomic E-state index is 0.0484. The number of carbonyl (C=O) groups is 1. The predicted octanol–water partition coefficient (Wildman–Crippen LogP) is 5.30. The van der Waals surface area contributed by atoms with Crippen LogP contribution in [0.1, 0.15) is 18.1 Å². The highest BCUT2D eigenvalue weighted by molar-refractivity contribution is 6.35. The monoisotopic (exact) mass is 458 g/mol. The lowest BCUT2D eigenvalue weighted by molar-refractivity contribution is -0.163. The Bertz CT molecular complexity index is 986. The number of rotatable bonds is 8. The largest absolute Gasteiger partial charge is 0.459 e. The molecule has 3 atom stereocenters. The molecule has 0 bridgehead atoms. The van der Waals surface area contributed by atoms with Crippen LogP contribution in [0.2, 0.25) is 10.0 Å². The minimum Gasteiger partial charge on any atom is -0.459 e. The molecule has 0 aliphatic rings. The van der Waals surface area contributed by atoms with Crippen molar-refractivity contribution < 1.29 is 19.7 Å². The van der Waals surface area contributed by atoms with E-state index in [4.69, 9.17) is 27.9 Å². The second kappa shape index (κ2) is 10.8. The molecule has 6 heteroatoms. The summed E-state index contributed by atoms with van der Waals surface area (Å²) in [6, 6.07) is 22.3. The molecule has 31 heavy (non-hydrogen) atoms. The van der Waals surface area contributed by atoms with Crippen molar-refractivity contribution in [1.29, 1.82) is 0 Å². The Hall–Kier alpha value is -2.37. The zero-order chi connectivity index (χ0) is 22.4. The predicted molar refractivity (Wildman–Crippen MR) is 123 cm³/mol. The summed E-state index contributed by atoms with van der Waals surface area (Å²) in [5.41, 5.74) is 3.65. The van der Waals surface area contributed by atoms with Crippen molar-refractivity contribution in [3.8, 4) is 11.1 Å². The quantitative estimate of drug-likeness (QED) is 0.449. The van der Waals surface area contributed by atoms with Crippen LogP contribution in [0.4, 0.5) is 0 Å². The SMILES string of the molecule is C[C@H](Cc1ccc(-c2cc(Cl)cc(Cl)c2)cc1)[C@@H](O)[C@@H](O)C(=O)OCc1ccccc1. The van der Waals surface area contributed by atoms with Gasteiger partial charge >= 0.3 is 5.97 Å². The van der Waals surface area contributed by atoms with Crippen LogP contribution < -0.4 is 0 Å². The average molecular weight is 459 g/mol. The Kier molecular flexibility index (Phi) is 8.10. The van der Waals surface area contributed by atoms with E-state index >= 15 is 0 Å². The van der Waals surface area contributed by atoms with Gasteiger partial charge in [-0.2, -0.15) is 0 Å².